The van der Waals surface area contributed by atoms with E-state index in [1.807, 2.05) is 0 Å². The third kappa shape index (κ3) is 2.94. The highest BCUT2D eigenvalue weighted by Crippen LogP contribution is 2.34. The van der Waals surface area contributed by atoms with Crippen LogP contribution in [0, 0.1) is 10.1 Å². The topological polar surface area (TPSA) is 86.5 Å². The van der Waals surface area contributed by atoms with Crippen LogP contribution in [0.25, 0.3) is 0 Å². The fraction of sp³-hybridized carbons (Fsp3) is 0.154. The molecule has 2 aromatic rings. The molecular formula is C13H13N3O4. The molecule has 0 saturated carbocycles. The zero-order valence-corrected chi connectivity index (χ0v) is 11.0. The van der Waals surface area contributed by atoms with E-state index >= 15 is 0 Å². The highest BCUT2D eigenvalue weighted by atomic mass is 16.6. The van der Waals surface area contributed by atoms with Gasteiger partial charge < -0.3 is 14.8 Å². The molecule has 0 aliphatic carbocycles. The highest BCUT2D eigenvalue weighted by molar-refractivity contribution is 5.53. The first-order valence-electron chi connectivity index (χ1n) is 5.77. The van der Waals surface area contributed by atoms with Gasteiger partial charge in [-0.2, -0.15) is 0 Å². The molecule has 0 amide bonds. The van der Waals surface area contributed by atoms with Crippen molar-refractivity contribution in [2.24, 2.45) is 0 Å². The van der Waals surface area contributed by atoms with E-state index in [1.54, 1.807) is 25.4 Å². The fourth-order valence-corrected chi connectivity index (χ4v) is 1.59. The molecule has 0 aliphatic heterocycles. The maximum Gasteiger partial charge on any atom is 0.315 e. The molecule has 0 atom stereocenters. The van der Waals surface area contributed by atoms with Crippen LogP contribution in [0.4, 0.5) is 11.4 Å². The third-order valence-electron chi connectivity index (χ3n) is 2.59. The van der Waals surface area contributed by atoms with Gasteiger partial charge >= 0.3 is 5.69 Å². The monoisotopic (exact) mass is 275 g/mol. The van der Waals surface area contributed by atoms with Gasteiger partial charge in [-0.25, -0.2) is 0 Å². The number of aromatic nitrogens is 1. The van der Waals surface area contributed by atoms with Crippen LogP contribution in [0.3, 0.4) is 0 Å². The first-order valence-corrected chi connectivity index (χ1v) is 5.77. The molecule has 2 rings (SSSR count). The summed E-state index contributed by atoms with van der Waals surface area (Å²) in [5.74, 6) is 0.933. The number of nitrogens with zero attached hydrogens (tertiary/aromatic N) is 2. The predicted octanol–water partition coefficient (Wildman–Crippen LogP) is 2.83. The van der Waals surface area contributed by atoms with Crippen LogP contribution in [0.15, 0.2) is 36.7 Å². The average Bonchev–Trinajstić information content (AvgIpc) is 2.47. The second-order valence-electron chi connectivity index (χ2n) is 3.85. The van der Waals surface area contributed by atoms with Crippen molar-refractivity contribution in [2.45, 2.75) is 0 Å². The Hall–Kier alpha value is -2.83. The van der Waals surface area contributed by atoms with Gasteiger partial charge in [0.15, 0.2) is 0 Å². The molecule has 0 fully saturated rings. The van der Waals surface area contributed by atoms with E-state index in [4.69, 9.17) is 9.47 Å². The minimum atomic E-state index is -0.521. The van der Waals surface area contributed by atoms with Gasteiger partial charge in [0.25, 0.3) is 0 Å². The van der Waals surface area contributed by atoms with E-state index < -0.39 is 4.92 Å². The normalized spacial score (nSPS) is 9.90. The Morgan fingerprint density at radius 3 is 2.70 bits per heavy atom. The van der Waals surface area contributed by atoms with Crippen LogP contribution in [0.1, 0.15) is 0 Å². The molecule has 7 nitrogen and oxygen atoms in total. The van der Waals surface area contributed by atoms with Gasteiger partial charge in [-0.1, -0.05) is 0 Å². The van der Waals surface area contributed by atoms with Crippen molar-refractivity contribution in [1.82, 2.24) is 4.98 Å². The summed E-state index contributed by atoms with van der Waals surface area (Å²) < 4.78 is 10.5. The number of nitro groups is 1. The second kappa shape index (κ2) is 5.87. The summed E-state index contributed by atoms with van der Waals surface area (Å²) in [6, 6.07) is 6.09. The van der Waals surface area contributed by atoms with Crippen molar-refractivity contribution < 1.29 is 14.4 Å². The van der Waals surface area contributed by atoms with Crippen molar-refractivity contribution in [2.75, 3.05) is 19.5 Å². The minimum absolute atomic E-state index is 0.130. The summed E-state index contributed by atoms with van der Waals surface area (Å²) in [5.41, 5.74) is 0.581. The van der Waals surface area contributed by atoms with Gasteiger partial charge in [0, 0.05) is 13.1 Å². The van der Waals surface area contributed by atoms with E-state index in [0.717, 1.165) is 5.69 Å². The maximum absolute atomic E-state index is 11.0. The summed E-state index contributed by atoms with van der Waals surface area (Å²) >= 11 is 0. The molecule has 1 aromatic heterocycles. The molecule has 0 unspecified atom stereocenters. The molecule has 0 saturated heterocycles. The van der Waals surface area contributed by atoms with Gasteiger partial charge in [0.05, 0.1) is 36.2 Å². The van der Waals surface area contributed by atoms with Crippen LogP contribution in [0.5, 0.6) is 17.2 Å². The van der Waals surface area contributed by atoms with Crippen LogP contribution in [0.2, 0.25) is 0 Å². The highest BCUT2D eigenvalue weighted by Gasteiger charge is 2.17. The molecule has 0 radical (unpaired) electrons. The average molecular weight is 275 g/mol. The zero-order chi connectivity index (χ0) is 14.5. The zero-order valence-electron chi connectivity index (χ0n) is 11.0. The third-order valence-corrected chi connectivity index (χ3v) is 2.59. The van der Waals surface area contributed by atoms with Gasteiger partial charge in [0.1, 0.15) is 11.5 Å². The molecule has 7 heteroatoms. The number of nitrogens with one attached hydrogen (secondary N) is 1. The quantitative estimate of drug-likeness (QED) is 0.667. The Bertz CT molecular complexity index is 631. The second-order valence-corrected chi connectivity index (χ2v) is 3.85. The van der Waals surface area contributed by atoms with Crippen molar-refractivity contribution in [1.29, 1.82) is 0 Å². The molecule has 0 aliphatic rings. The van der Waals surface area contributed by atoms with Gasteiger partial charge in [0.2, 0.25) is 5.75 Å². The summed E-state index contributed by atoms with van der Waals surface area (Å²) in [6.07, 6.45) is 3.10. The van der Waals surface area contributed by atoms with Crippen molar-refractivity contribution in [3.05, 3.63) is 46.8 Å². The van der Waals surface area contributed by atoms with E-state index in [-0.39, 0.29) is 11.4 Å². The Morgan fingerprint density at radius 1 is 1.25 bits per heavy atom. The number of pyridine rings is 1. The molecule has 1 aromatic carbocycles. The minimum Gasteiger partial charge on any atom is -0.496 e. The van der Waals surface area contributed by atoms with Crippen LogP contribution < -0.4 is 14.8 Å². The molecule has 0 spiro atoms. The maximum atomic E-state index is 11.0. The van der Waals surface area contributed by atoms with E-state index in [9.17, 15) is 10.1 Å². The Kier molecular flexibility index (Phi) is 3.99. The van der Waals surface area contributed by atoms with E-state index in [0.29, 0.717) is 11.5 Å². The largest absolute Gasteiger partial charge is 0.496 e. The van der Waals surface area contributed by atoms with E-state index in [1.165, 1.54) is 25.4 Å². The summed E-state index contributed by atoms with van der Waals surface area (Å²) in [7, 11) is 3.19. The number of hydrogen-bond donors (Lipinski definition) is 1. The fourth-order valence-electron chi connectivity index (χ4n) is 1.59. The number of ether oxygens (including phenoxy) is 2. The lowest BCUT2D eigenvalue weighted by molar-refractivity contribution is -0.385. The number of nitro benzene ring substituents is 1. The molecule has 20 heavy (non-hydrogen) atoms. The van der Waals surface area contributed by atoms with Crippen molar-refractivity contribution in [3.63, 3.8) is 0 Å². The van der Waals surface area contributed by atoms with Gasteiger partial charge in [-0.3, -0.25) is 15.1 Å². The Morgan fingerprint density at radius 2 is 2.05 bits per heavy atom. The molecule has 104 valence electrons. The van der Waals surface area contributed by atoms with Crippen LogP contribution in [-0.2, 0) is 0 Å². The summed E-state index contributed by atoms with van der Waals surface area (Å²) in [5, 5.41) is 14.0. The first-order chi connectivity index (χ1) is 9.63. The lowest BCUT2D eigenvalue weighted by Crippen LogP contribution is -1.96. The number of anilines is 1. The van der Waals surface area contributed by atoms with Crippen LogP contribution in [-0.4, -0.2) is 24.1 Å². The number of methoxy groups -OCH3 is 1. The first kappa shape index (κ1) is 13.6. The SMILES string of the molecule is CNc1cncc(Oc2ccc(OC)cc2[N+](=O)[O-])c1. The van der Waals surface area contributed by atoms with Crippen LogP contribution >= 0.6 is 0 Å². The van der Waals surface area contributed by atoms with Crippen molar-refractivity contribution in [3.8, 4) is 17.2 Å². The Labute approximate surface area is 115 Å². The molecular weight excluding hydrogens is 262 g/mol. The lowest BCUT2D eigenvalue weighted by atomic mass is 10.2. The predicted molar refractivity (Wildman–Crippen MR) is 73.5 cm³/mol. The summed E-state index contributed by atoms with van der Waals surface area (Å²) in [6.45, 7) is 0. The Balaban J connectivity index is 2.34. The molecule has 1 heterocycles. The smallest absolute Gasteiger partial charge is 0.315 e. The number of hydrogen-bond acceptors (Lipinski definition) is 6. The lowest BCUT2D eigenvalue weighted by Gasteiger charge is -2.08. The standard InChI is InChI=1S/C13H13N3O4/c1-14-9-5-11(8-15-7-9)20-13-4-3-10(19-2)6-12(13)16(17)18/h3-8,14H,1-2H3. The molecule has 0 bridgehead atoms. The number of rotatable bonds is 5. The van der Waals surface area contributed by atoms with Gasteiger partial charge in [-0.15, -0.1) is 0 Å². The van der Waals surface area contributed by atoms with Gasteiger partial charge in [-0.05, 0) is 12.1 Å². The number of benzene rings is 1. The summed E-state index contributed by atoms with van der Waals surface area (Å²) in [4.78, 5) is 14.5. The molecule has 1 N–H and O–H groups in total. The van der Waals surface area contributed by atoms with Crippen molar-refractivity contribution >= 4 is 11.4 Å². The van der Waals surface area contributed by atoms with E-state index in [2.05, 4.69) is 10.3 Å².